The minimum atomic E-state index is -0.588. The summed E-state index contributed by atoms with van der Waals surface area (Å²) in [4.78, 5) is 13.7. The number of aromatic nitrogens is 2. The van der Waals surface area contributed by atoms with E-state index in [0.29, 0.717) is 22.5 Å². The number of nitrogens with one attached hydrogen (secondary N) is 1. The molecule has 1 aromatic heterocycles. The van der Waals surface area contributed by atoms with Crippen LogP contribution >= 0.6 is 0 Å². The molecule has 2 N–H and O–H groups in total. The lowest BCUT2D eigenvalue weighted by Gasteiger charge is -2.21. The lowest BCUT2D eigenvalue weighted by atomic mass is 9.82. The van der Waals surface area contributed by atoms with Gasteiger partial charge in [-0.1, -0.05) is 60.7 Å². The van der Waals surface area contributed by atoms with Crippen molar-refractivity contribution in [3.63, 3.8) is 0 Å². The summed E-state index contributed by atoms with van der Waals surface area (Å²) < 4.78 is 15.3. The Morgan fingerprint density at radius 2 is 1.53 bits per heavy atom. The third kappa shape index (κ3) is 3.28. The van der Waals surface area contributed by atoms with E-state index in [1.54, 1.807) is 18.2 Å². The van der Waals surface area contributed by atoms with Gasteiger partial charge in [-0.15, -0.1) is 0 Å². The molecule has 5 aromatic rings. The topological polar surface area (TPSA) is 58.0 Å². The first-order valence-corrected chi connectivity index (χ1v) is 10.4. The van der Waals surface area contributed by atoms with Crippen molar-refractivity contribution in [1.82, 2.24) is 9.78 Å². The molecule has 0 saturated carbocycles. The van der Waals surface area contributed by atoms with E-state index in [9.17, 15) is 14.3 Å². The molecule has 1 atom stereocenters. The zero-order chi connectivity index (χ0) is 22.2. The number of aromatic amines is 1. The molecule has 32 heavy (non-hydrogen) atoms. The average Bonchev–Trinajstić information content (AvgIpc) is 3.11. The lowest BCUT2D eigenvalue weighted by molar-refractivity contribution is 0.468. The molecular formula is C27H21FN2O2. The van der Waals surface area contributed by atoms with Gasteiger partial charge in [-0.3, -0.25) is 9.89 Å². The first-order chi connectivity index (χ1) is 15.5. The van der Waals surface area contributed by atoms with Crippen LogP contribution in [0.2, 0.25) is 0 Å². The Morgan fingerprint density at radius 1 is 0.844 bits per heavy atom. The second-order valence-corrected chi connectivity index (χ2v) is 7.83. The standard InChI is InChI=1S/C27H21FN2O2/c1-17-24(27(32)30(29-17)21-8-3-2-4-9-21)25(19-11-14-20(28)15-12-19)26-22-10-6-5-7-18(22)13-16-23(26)31/h2-16,25,29,31H,1H3. The van der Waals surface area contributed by atoms with Crippen LogP contribution in [0.1, 0.15) is 28.3 Å². The highest BCUT2D eigenvalue weighted by molar-refractivity contribution is 5.89. The quantitative estimate of drug-likeness (QED) is 0.392. The van der Waals surface area contributed by atoms with Crippen LogP contribution in [0.5, 0.6) is 5.75 Å². The largest absolute Gasteiger partial charge is 0.508 e. The number of H-pyrrole nitrogens is 1. The Balaban J connectivity index is 1.83. The maximum atomic E-state index is 13.7. The summed E-state index contributed by atoms with van der Waals surface area (Å²) >= 11 is 0. The molecule has 0 aliphatic heterocycles. The second kappa shape index (κ2) is 7.85. The van der Waals surface area contributed by atoms with Crippen LogP contribution in [0.15, 0.2) is 95.8 Å². The highest BCUT2D eigenvalue weighted by Gasteiger charge is 2.29. The number of halogens is 1. The monoisotopic (exact) mass is 424 g/mol. The zero-order valence-corrected chi connectivity index (χ0v) is 17.4. The molecule has 5 rings (SSSR count). The molecule has 0 amide bonds. The van der Waals surface area contributed by atoms with E-state index in [0.717, 1.165) is 16.3 Å². The number of phenols is 1. The summed E-state index contributed by atoms with van der Waals surface area (Å²) in [5.74, 6) is -0.859. The Bertz CT molecular complexity index is 1470. The van der Waals surface area contributed by atoms with Crippen LogP contribution in [0.4, 0.5) is 4.39 Å². The molecule has 1 unspecified atom stereocenters. The molecule has 0 aliphatic carbocycles. The Labute approximate surface area is 184 Å². The number of benzene rings is 4. The molecule has 158 valence electrons. The molecule has 0 aliphatic rings. The van der Waals surface area contributed by atoms with Gasteiger partial charge in [0.15, 0.2) is 0 Å². The van der Waals surface area contributed by atoms with Crippen molar-refractivity contribution in [2.75, 3.05) is 0 Å². The number of phenolic OH excluding ortho intramolecular Hbond substituents is 1. The van der Waals surface area contributed by atoms with E-state index in [4.69, 9.17) is 0 Å². The van der Waals surface area contributed by atoms with Crippen molar-refractivity contribution < 1.29 is 9.50 Å². The van der Waals surface area contributed by atoms with Gasteiger partial charge in [0.25, 0.3) is 5.56 Å². The normalized spacial score (nSPS) is 12.2. The number of para-hydroxylation sites is 1. The minimum absolute atomic E-state index is 0.0873. The third-order valence-corrected chi connectivity index (χ3v) is 5.86. The lowest BCUT2D eigenvalue weighted by Crippen LogP contribution is -2.21. The highest BCUT2D eigenvalue weighted by atomic mass is 19.1. The number of hydrogen-bond donors (Lipinski definition) is 2. The van der Waals surface area contributed by atoms with E-state index in [-0.39, 0.29) is 17.1 Å². The second-order valence-electron chi connectivity index (χ2n) is 7.83. The van der Waals surface area contributed by atoms with E-state index in [1.165, 1.54) is 16.8 Å². The van der Waals surface area contributed by atoms with Crippen LogP contribution in [0.25, 0.3) is 16.5 Å². The fourth-order valence-corrected chi connectivity index (χ4v) is 4.38. The molecule has 0 bridgehead atoms. The molecule has 0 spiro atoms. The molecule has 1 heterocycles. The predicted molar refractivity (Wildman–Crippen MR) is 124 cm³/mol. The van der Waals surface area contributed by atoms with Crippen LogP contribution in [-0.2, 0) is 0 Å². The van der Waals surface area contributed by atoms with E-state index >= 15 is 0 Å². The summed E-state index contributed by atoms with van der Waals surface area (Å²) in [6.07, 6.45) is 0. The Morgan fingerprint density at radius 3 is 2.28 bits per heavy atom. The average molecular weight is 424 g/mol. The van der Waals surface area contributed by atoms with Crippen LogP contribution in [0, 0.1) is 12.7 Å². The van der Waals surface area contributed by atoms with E-state index in [1.807, 2.05) is 67.6 Å². The van der Waals surface area contributed by atoms with Gasteiger partial charge in [-0.2, -0.15) is 0 Å². The van der Waals surface area contributed by atoms with E-state index < -0.39 is 5.92 Å². The first kappa shape index (κ1) is 19.8. The van der Waals surface area contributed by atoms with Gasteiger partial charge in [0.05, 0.1) is 11.3 Å². The molecule has 4 nitrogen and oxygen atoms in total. The summed E-state index contributed by atoms with van der Waals surface area (Å²) in [6, 6.07) is 26.6. The van der Waals surface area contributed by atoms with Crippen molar-refractivity contribution in [1.29, 1.82) is 0 Å². The van der Waals surface area contributed by atoms with Crippen molar-refractivity contribution in [3.05, 3.63) is 130 Å². The summed E-state index contributed by atoms with van der Waals surface area (Å²) in [6.45, 7) is 1.84. The van der Waals surface area contributed by atoms with Gasteiger partial charge >= 0.3 is 0 Å². The predicted octanol–water partition coefficient (Wildman–Crippen LogP) is 5.65. The number of hydrogen-bond acceptors (Lipinski definition) is 2. The zero-order valence-electron chi connectivity index (χ0n) is 17.4. The maximum Gasteiger partial charge on any atom is 0.275 e. The highest BCUT2D eigenvalue weighted by Crippen LogP contribution is 2.41. The van der Waals surface area contributed by atoms with E-state index in [2.05, 4.69) is 5.10 Å². The molecular weight excluding hydrogens is 403 g/mol. The van der Waals surface area contributed by atoms with Crippen LogP contribution in [0.3, 0.4) is 0 Å². The fourth-order valence-electron chi connectivity index (χ4n) is 4.38. The van der Waals surface area contributed by atoms with Gasteiger partial charge in [0.1, 0.15) is 11.6 Å². The van der Waals surface area contributed by atoms with Gasteiger partial charge < -0.3 is 5.11 Å². The van der Waals surface area contributed by atoms with Gasteiger partial charge in [-0.25, -0.2) is 9.07 Å². The van der Waals surface area contributed by atoms with Crippen molar-refractivity contribution in [2.45, 2.75) is 12.8 Å². The first-order valence-electron chi connectivity index (χ1n) is 10.4. The number of nitrogens with zero attached hydrogens (tertiary/aromatic N) is 1. The number of aryl methyl sites for hydroxylation is 1. The van der Waals surface area contributed by atoms with Gasteiger partial charge in [0.2, 0.25) is 0 Å². The molecule has 0 saturated heterocycles. The summed E-state index contributed by atoms with van der Waals surface area (Å²) in [5, 5.41) is 15.9. The van der Waals surface area contributed by atoms with Crippen LogP contribution in [-0.4, -0.2) is 14.9 Å². The number of fused-ring (bicyclic) bond motifs is 1. The summed E-state index contributed by atoms with van der Waals surface area (Å²) in [5.41, 5.74) is 3.03. The fraction of sp³-hybridized carbons (Fsp3) is 0.0741. The Kier molecular flexibility index (Phi) is 4.86. The van der Waals surface area contributed by atoms with Crippen molar-refractivity contribution in [2.24, 2.45) is 0 Å². The Hall–Kier alpha value is -4.12. The molecule has 0 fully saturated rings. The molecule has 4 aromatic carbocycles. The van der Waals surface area contributed by atoms with Crippen molar-refractivity contribution >= 4 is 10.8 Å². The SMILES string of the molecule is Cc1[nH]n(-c2ccccc2)c(=O)c1C(c1ccc(F)cc1)c1c(O)ccc2ccccc12. The van der Waals surface area contributed by atoms with Crippen molar-refractivity contribution in [3.8, 4) is 11.4 Å². The third-order valence-electron chi connectivity index (χ3n) is 5.86. The number of aromatic hydroxyl groups is 1. The smallest absolute Gasteiger partial charge is 0.275 e. The minimum Gasteiger partial charge on any atom is -0.508 e. The maximum absolute atomic E-state index is 13.7. The van der Waals surface area contributed by atoms with Gasteiger partial charge in [0, 0.05) is 17.2 Å². The van der Waals surface area contributed by atoms with Gasteiger partial charge in [-0.05, 0) is 53.6 Å². The molecule has 5 heteroatoms. The van der Waals surface area contributed by atoms with Crippen LogP contribution < -0.4 is 5.56 Å². The molecule has 0 radical (unpaired) electrons. The summed E-state index contributed by atoms with van der Waals surface area (Å²) in [7, 11) is 0. The number of rotatable bonds is 4.